The number of amides is 1. The van der Waals surface area contributed by atoms with Crippen molar-refractivity contribution in [3.05, 3.63) is 47.8 Å². The normalized spacial score (nSPS) is 17.9. The summed E-state index contributed by atoms with van der Waals surface area (Å²) in [6, 6.07) is 8.60. The Kier molecular flexibility index (Phi) is 4.71. The van der Waals surface area contributed by atoms with Gasteiger partial charge in [-0.1, -0.05) is 33.8 Å². The van der Waals surface area contributed by atoms with E-state index in [4.69, 9.17) is 0 Å². The molecule has 2 aliphatic rings. The lowest BCUT2D eigenvalue weighted by Crippen LogP contribution is -2.28. The first-order chi connectivity index (χ1) is 15.5. The summed E-state index contributed by atoms with van der Waals surface area (Å²) in [5.74, 6) is 0.186. The molecular weight excluding hydrogens is 428 g/mol. The lowest BCUT2D eigenvalue weighted by atomic mass is 9.92. The van der Waals surface area contributed by atoms with Gasteiger partial charge in [-0.3, -0.25) is 4.79 Å². The van der Waals surface area contributed by atoms with E-state index < -0.39 is 11.7 Å². The third-order valence-electron chi connectivity index (χ3n) is 6.38. The predicted octanol–water partition coefficient (Wildman–Crippen LogP) is 5.74. The average Bonchev–Trinajstić information content (AvgIpc) is 3.37. The maximum atomic E-state index is 13.4. The fourth-order valence-electron chi connectivity index (χ4n) is 4.57. The first-order valence-electron chi connectivity index (χ1n) is 11.2. The number of carbonyl (C=O) groups excluding carboxylic acids is 1. The maximum Gasteiger partial charge on any atom is 0.586 e. The van der Waals surface area contributed by atoms with Crippen LogP contribution in [0.25, 0.3) is 10.9 Å². The average molecular weight is 456 g/mol. The maximum absolute atomic E-state index is 13.4. The molecule has 5 rings (SSSR count). The summed E-state index contributed by atoms with van der Waals surface area (Å²) >= 11 is 0. The fraction of sp³-hybridized carbons (Fsp3) is 0.440. The molecule has 0 atom stereocenters. The lowest BCUT2D eigenvalue weighted by Gasteiger charge is -2.21. The third-order valence-corrected chi connectivity index (χ3v) is 6.38. The minimum atomic E-state index is -3.68. The summed E-state index contributed by atoms with van der Waals surface area (Å²) in [5, 5.41) is 3.96. The van der Waals surface area contributed by atoms with Gasteiger partial charge in [-0.15, -0.1) is 8.78 Å². The summed E-state index contributed by atoms with van der Waals surface area (Å²) in [6.07, 6.45) is 0.378. The molecule has 0 saturated heterocycles. The lowest BCUT2D eigenvalue weighted by molar-refractivity contribution is -0.286. The molecule has 8 heteroatoms. The Hall–Kier alpha value is -3.16. The van der Waals surface area contributed by atoms with Crippen LogP contribution in [-0.2, 0) is 22.2 Å². The third kappa shape index (κ3) is 3.71. The van der Waals surface area contributed by atoms with Crippen LogP contribution in [-0.4, -0.2) is 21.8 Å². The highest BCUT2D eigenvalue weighted by atomic mass is 19.3. The highest BCUT2D eigenvalue weighted by molar-refractivity contribution is 6.02. The van der Waals surface area contributed by atoms with Gasteiger partial charge < -0.3 is 19.4 Å². The van der Waals surface area contributed by atoms with Gasteiger partial charge in [-0.2, -0.15) is 0 Å². The van der Waals surface area contributed by atoms with E-state index in [9.17, 15) is 13.6 Å². The molecule has 0 bridgehead atoms. The van der Waals surface area contributed by atoms with Crippen LogP contribution in [0, 0.1) is 0 Å². The molecule has 174 valence electrons. The van der Waals surface area contributed by atoms with Crippen molar-refractivity contribution in [2.45, 2.75) is 70.6 Å². The second-order valence-corrected chi connectivity index (χ2v) is 9.92. The summed E-state index contributed by atoms with van der Waals surface area (Å²) in [6.45, 7) is 9.59. The number of fused-ring (bicyclic) bond motifs is 2. The molecule has 1 amide bonds. The molecule has 33 heavy (non-hydrogen) atoms. The zero-order valence-corrected chi connectivity index (χ0v) is 19.2. The van der Waals surface area contributed by atoms with Crippen molar-refractivity contribution < 1.29 is 23.0 Å². The monoisotopic (exact) mass is 455 g/mol. The van der Waals surface area contributed by atoms with Crippen LogP contribution < -0.4 is 14.8 Å². The molecule has 1 aliphatic carbocycles. The van der Waals surface area contributed by atoms with Crippen molar-refractivity contribution in [2.75, 3.05) is 5.32 Å². The van der Waals surface area contributed by atoms with Crippen LogP contribution in [0.3, 0.4) is 0 Å². The summed E-state index contributed by atoms with van der Waals surface area (Å²) in [7, 11) is 0. The van der Waals surface area contributed by atoms with Gasteiger partial charge in [0.05, 0.1) is 17.1 Å². The van der Waals surface area contributed by atoms with Gasteiger partial charge in [-0.05, 0) is 49.1 Å². The molecule has 1 aromatic carbocycles. The number of nitrogens with zero attached hydrogens (tertiary/aromatic N) is 2. The van der Waals surface area contributed by atoms with Crippen LogP contribution in [0.4, 0.5) is 14.6 Å². The van der Waals surface area contributed by atoms with E-state index in [1.807, 2.05) is 6.07 Å². The molecule has 0 radical (unpaired) electrons. The summed E-state index contributed by atoms with van der Waals surface area (Å²) < 4.78 is 38.1. The largest absolute Gasteiger partial charge is 0.586 e. The van der Waals surface area contributed by atoms with Crippen molar-refractivity contribution in [1.29, 1.82) is 0 Å². The van der Waals surface area contributed by atoms with Crippen molar-refractivity contribution in [1.82, 2.24) is 9.55 Å². The molecule has 1 aliphatic heterocycles. The predicted molar refractivity (Wildman–Crippen MR) is 121 cm³/mol. The highest BCUT2D eigenvalue weighted by Gasteiger charge is 2.53. The SMILES string of the molecule is CCCn1c(C(C)(C)C)cc2cc(NC(=O)C3(c4ccc5c(c4)OC(F)(F)O5)CC3)ncc21. The molecular formula is C25H27F2N3O3. The number of benzene rings is 1. The number of rotatable bonds is 5. The number of nitrogens with one attached hydrogen (secondary N) is 1. The smallest absolute Gasteiger partial charge is 0.395 e. The van der Waals surface area contributed by atoms with Gasteiger partial charge in [0.2, 0.25) is 5.91 Å². The molecule has 1 fully saturated rings. The van der Waals surface area contributed by atoms with Gasteiger partial charge in [0.15, 0.2) is 11.5 Å². The van der Waals surface area contributed by atoms with Crippen LogP contribution in [0.15, 0.2) is 36.5 Å². The Bertz CT molecular complexity index is 1260. The van der Waals surface area contributed by atoms with Crippen molar-refractivity contribution in [2.24, 2.45) is 0 Å². The number of pyridine rings is 1. The number of halogens is 2. The summed E-state index contributed by atoms with van der Waals surface area (Å²) in [4.78, 5) is 17.7. The minimum absolute atomic E-state index is 0.0220. The Balaban J connectivity index is 1.42. The van der Waals surface area contributed by atoms with Gasteiger partial charge in [-0.25, -0.2) is 4.98 Å². The van der Waals surface area contributed by atoms with E-state index in [1.165, 1.54) is 17.8 Å². The minimum Gasteiger partial charge on any atom is -0.395 e. The summed E-state index contributed by atoms with van der Waals surface area (Å²) in [5.41, 5.74) is 2.09. The van der Waals surface area contributed by atoms with E-state index in [-0.39, 0.29) is 22.8 Å². The molecule has 1 N–H and O–H groups in total. The fourth-order valence-corrected chi connectivity index (χ4v) is 4.57. The van der Waals surface area contributed by atoms with E-state index in [0.717, 1.165) is 23.9 Å². The van der Waals surface area contributed by atoms with E-state index in [1.54, 1.807) is 12.3 Å². The van der Waals surface area contributed by atoms with Crippen molar-refractivity contribution in [3.63, 3.8) is 0 Å². The van der Waals surface area contributed by atoms with Crippen LogP contribution in [0.5, 0.6) is 11.5 Å². The highest BCUT2D eigenvalue weighted by Crippen LogP contribution is 2.52. The number of hydrogen-bond donors (Lipinski definition) is 1. The first kappa shape index (κ1) is 21.7. The molecule has 2 aromatic heterocycles. The standard InChI is InChI=1S/C25H27F2N3O3/c1-5-10-30-17-14-28-21(12-15(17)11-20(30)23(2,3)4)29-22(31)24(8-9-24)16-6-7-18-19(13-16)33-25(26,27)32-18/h6-7,11-14H,5,8-10H2,1-4H3,(H,28,29,31). The quantitative estimate of drug-likeness (QED) is 0.533. The number of anilines is 1. The zero-order valence-electron chi connectivity index (χ0n) is 19.2. The van der Waals surface area contributed by atoms with Gasteiger partial charge in [0, 0.05) is 23.0 Å². The number of aryl methyl sites for hydroxylation is 1. The molecule has 3 aromatic rings. The zero-order chi connectivity index (χ0) is 23.6. The Morgan fingerprint density at radius 1 is 1.15 bits per heavy atom. The molecule has 0 spiro atoms. The van der Waals surface area contributed by atoms with Crippen LogP contribution >= 0.6 is 0 Å². The second kappa shape index (κ2) is 7.17. The molecule has 1 saturated carbocycles. The van der Waals surface area contributed by atoms with E-state index >= 15 is 0 Å². The van der Waals surface area contributed by atoms with E-state index in [2.05, 4.69) is 58.1 Å². The van der Waals surface area contributed by atoms with Gasteiger partial charge >= 0.3 is 6.29 Å². The van der Waals surface area contributed by atoms with Crippen LogP contribution in [0.1, 0.15) is 58.2 Å². The van der Waals surface area contributed by atoms with Crippen molar-refractivity contribution >= 4 is 22.6 Å². The number of aromatic nitrogens is 2. The van der Waals surface area contributed by atoms with Crippen LogP contribution in [0.2, 0.25) is 0 Å². The number of hydrogen-bond acceptors (Lipinski definition) is 4. The number of ether oxygens (including phenoxy) is 2. The number of alkyl halides is 2. The van der Waals surface area contributed by atoms with Gasteiger partial charge in [0.1, 0.15) is 5.82 Å². The Labute approximate surface area is 190 Å². The first-order valence-corrected chi connectivity index (χ1v) is 11.2. The molecule has 6 nitrogen and oxygen atoms in total. The number of carbonyl (C=O) groups is 1. The van der Waals surface area contributed by atoms with Crippen molar-refractivity contribution in [3.8, 4) is 11.5 Å². The second-order valence-electron chi connectivity index (χ2n) is 9.92. The van der Waals surface area contributed by atoms with E-state index in [0.29, 0.717) is 24.2 Å². The Morgan fingerprint density at radius 2 is 1.88 bits per heavy atom. The topological polar surface area (TPSA) is 65.4 Å². The molecule has 0 unspecified atom stereocenters. The Morgan fingerprint density at radius 3 is 2.55 bits per heavy atom. The van der Waals surface area contributed by atoms with Gasteiger partial charge in [0.25, 0.3) is 0 Å². The molecule has 3 heterocycles.